The fraction of sp³-hybridized carbons (Fsp3) is 0.875. The van der Waals surface area contributed by atoms with Gasteiger partial charge in [0.05, 0.1) is 0 Å². The molecule has 0 aromatic carbocycles. The summed E-state index contributed by atoms with van der Waals surface area (Å²) in [6.45, 7) is 2.18. The Kier molecular flexibility index (Phi) is 2.92. The molecule has 1 nitrogen and oxygen atoms in total. The maximum Gasteiger partial charge on any atom is 0.159 e. The number of carbonyl (C=O) groups excluding carboxylic acids is 1. The van der Waals surface area contributed by atoms with Crippen LogP contribution < -0.4 is 0 Å². The molecule has 0 aromatic rings. The molecule has 0 bridgehead atoms. The van der Waals surface area contributed by atoms with Gasteiger partial charge in [-0.15, -0.1) is 23.5 Å². The molecule has 1 fully saturated rings. The van der Waals surface area contributed by atoms with Crippen molar-refractivity contribution in [3.8, 4) is 0 Å². The molecule has 0 amide bonds. The van der Waals surface area contributed by atoms with Crippen LogP contribution in [0.5, 0.6) is 0 Å². The second kappa shape index (κ2) is 3.40. The van der Waals surface area contributed by atoms with Crippen molar-refractivity contribution in [3.05, 3.63) is 0 Å². The Balaban J connectivity index is 2.85. The van der Waals surface area contributed by atoms with Crippen LogP contribution in [0.1, 0.15) is 19.8 Å². The molecule has 1 aliphatic rings. The summed E-state index contributed by atoms with van der Waals surface area (Å²) in [7, 11) is 0. The van der Waals surface area contributed by atoms with E-state index in [1.807, 2.05) is 12.5 Å². The summed E-state index contributed by atoms with van der Waals surface area (Å²) in [6.07, 6.45) is 5.93. The molecule has 64 valence electrons. The van der Waals surface area contributed by atoms with Crippen LogP contribution in [0.25, 0.3) is 0 Å². The molecule has 1 aliphatic carbocycles. The summed E-state index contributed by atoms with van der Waals surface area (Å²) < 4.78 is -0.111. The fourth-order valence-corrected chi connectivity index (χ4v) is 4.07. The molecule has 0 spiro atoms. The van der Waals surface area contributed by atoms with E-state index in [1.54, 1.807) is 23.5 Å². The van der Waals surface area contributed by atoms with Gasteiger partial charge in [0.1, 0.15) is 4.08 Å². The summed E-state index contributed by atoms with van der Waals surface area (Å²) in [6, 6.07) is 0. The minimum atomic E-state index is -0.111. The standard InChI is InChI=1S/C8H14OS2/c1-6-4-5-7(9)8(6,10-2)11-3/h6H,4-5H2,1-3H3. The maximum atomic E-state index is 11.5. The van der Waals surface area contributed by atoms with Gasteiger partial charge in [-0.1, -0.05) is 6.92 Å². The molecule has 11 heavy (non-hydrogen) atoms. The van der Waals surface area contributed by atoms with Gasteiger partial charge in [-0.05, 0) is 24.9 Å². The summed E-state index contributed by atoms with van der Waals surface area (Å²) in [5.41, 5.74) is 0. The number of carbonyl (C=O) groups is 1. The zero-order chi connectivity index (χ0) is 8.48. The van der Waals surface area contributed by atoms with Crippen molar-refractivity contribution in [1.82, 2.24) is 0 Å². The van der Waals surface area contributed by atoms with Crippen LogP contribution in [0, 0.1) is 5.92 Å². The smallest absolute Gasteiger partial charge is 0.159 e. The highest BCUT2D eigenvalue weighted by Crippen LogP contribution is 2.48. The van der Waals surface area contributed by atoms with Gasteiger partial charge < -0.3 is 0 Å². The number of ketones is 1. The second-order valence-corrected chi connectivity index (χ2v) is 5.30. The fourth-order valence-electron chi connectivity index (χ4n) is 1.70. The molecule has 3 heteroatoms. The van der Waals surface area contributed by atoms with Crippen molar-refractivity contribution in [3.63, 3.8) is 0 Å². The Morgan fingerprint density at radius 3 is 2.18 bits per heavy atom. The topological polar surface area (TPSA) is 17.1 Å². The van der Waals surface area contributed by atoms with E-state index in [0.717, 1.165) is 12.8 Å². The van der Waals surface area contributed by atoms with E-state index in [0.29, 0.717) is 11.7 Å². The molecule has 0 heterocycles. The third-order valence-electron chi connectivity index (χ3n) is 2.45. The third-order valence-corrected chi connectivity index (χ3v) is 5.92. The first kappa shape index (κ1) is 9.46. The summed E-state index contributed by atoms with van der Waals surface area (Å²) >= 11 is 3.42. The van der Waals surface area contributed by atoms with Crippen molar-refractivity contribution in [2.45, 2.75) is 23.8 Å². The van der Waals surface area contributed by atoms with Crippen LogP contribution in [0.4, 0.5) is 0 Å². The second-order valence-electron chi connectivity index (χ2n) is 2.94. The van der Waals surface area contributed by atoms with Gasteiger partial charge in [-0.2, -0.15) is 0 Å². The number of Topliss-reactive ketones (excluding diaryl/α,β-unsaturated/α-hetero) is 1. The van der Waals surface area contributed by atoms with E-state index >= 15 is 0 Å². The Labute approximate surface area is 76.7 Å². The summed E-state index contributed by atoms with van der Waals surface area (Å²) in [5, 5.41) is 0. The first-order chi connectivity index (χ1) is 5.17. The van der Waals surface area contributed by atoms with Crippen LogP contribution in [0.2, 0.25) is 0 Å². The molecule has 0 aliphatic heterocycles. The highest BCUT2D eigenvalue weighted by Gasteiger charge is 2.46. The van der Waals surface area contributed by atoms with E-state index in [1.165, 1.54) is 0 Å². The zero-order valence-corrected chi connectivity index (χ0v) is 8.85. The number of thioether (sulfide) groups is 2. The molecule has 1 saturated carbocycles. The first-order valence-electron chi connectivity index (χ1n) is 3.81. The van der Waals surface area contributed by atoms with Crippen molar-refractivity contribution >= 4 is 29.3 Å². The van der Waals surface area contributed by atoms with Crippen molar-refractivity contribution in [2.24, 2.45) is 5.92 Å². The monoisotopic (exact) mass is 190 g/mol. The van der Waals surface area contributed by atoms with E-state index in [4.69, 9.17) is 0 Å². The molecule has 0 N–H and O–H groups in total. The normalized spacial score (nSPS) is 29.4. The van der Waals surface area contributed by atoms with Crippen LogP contribution in [-0.4, -0.2) is 22.4 Å². The van der Waals surface area contributed by atoms with E-state index in [-0.39, 0.29) is 4.08 Å². The summed E-state index contributed by atoms with van der Waals surface area (Å²) in [4.78, 5) is 11.5. The number of hydrogen-bond donors (Lipinski definition) is 0. The van der Waals surface area contributed by atoms with Crippen LogP contribution in [0.3, 0.4) is 0 Å². The molecule has 0 saturated heterocycles. The molecule has 1 rings (SSSR count). The predicted molar refractivity (Wildman–Crippen MR) is 53.2 cm³/mol. The largest absolute Gasteiger partial charge is 0.297 e. The Bertz CT molecular complexity index is 163. The van der Waals surface area contributed by atoms with Gasteiger partial charge in [0.2, 0.25) is 0 Å². The van der Waals surface area contributed by atoms with E-state index in [9.17, 15) is 4.79 Å². The van der Waals surface area contributed by atoms with E-state index in [2.05, 4.69) is 6.92 Å². The van der Waals surface area contributed by atoms with Gasteiger partial charge in [-0.3, -0.25) is 4.79 Å². The first-order valence-corrected chi connectivity index (χ1v) is 6.26. The Morgan fingerprint density at radius 2 is 2.00 bits per heavy atom. The average Bonchev–Trinajstić information content (AvgIpc) is 2.29. The van der Waals surface area contributed by atoms with Crippen LogP contribution in [-0.2, 0) is 4.79 Å². The van der Waals surface area contributed by atoms with Gasteiger partial charge in [0.15, 0.2) is 5.78 Å². The Morgan fingerprint density at radius 1 is 1.45 bits per heavy atom. The number of rotatable bonds is 2. The predicted octanol–water partition coefficient (Wildman–Crippen LogP) is 2.41. The highest BCUT2D eigenvalue weighted by atomic mass is 32.2. The quantitative estimate of drug-likeness (QED) is 0.622. The lowest BCUT2D eigenvalue weighted by molar-refractivity contribution is -0.117. The minimum absolute atomic E-state index is 0.111. The van der Waals surface area contributed by atoms with Gasteiger partial charge in [0.25, 0.3) is 0 Å². The molecule has 0 aromatic heterocycles. The van der Waals surface area contributed by atoms with Gasteiger partial charge >= 0.3 is 0 Å². The SMILES string of the molecule is CSC1(SC)C(=O)CCC1C. The summed E-state index contributed by atoms with van der Waals surface area (Å²) in [5.74, 6) is 0.977. The lowest BCUT2D eigenvalue weighted by atomic mass is 10.1. The van der Waals surface area contributed by atoms with Gasteiger partial charge in [-0.25, -0.2) is 0 Å². The molecule has 0 radical (unpaired) electrons. The molecular weight excluding hydrogens is 176 g/mol. The molecule has 1 atom stereocenters. The highest BCUT2D eigenvalue weighted by molar-refractivity contribution is 8.18. The average molecular weight is 190 g/mol. The van der Waals surface area contributed by atoms with Gasteiger partial charge in [0, 0.05) is 6.42 Å². The zero-order valence-electron chi connectivity index (χ0n) is 7.22. The molecular formula is C8H14OS2. The maximum absolute atomic E-state index is 11.5. The molecule has 1 unspecified atom stereocenters. The van der Waals surface area contributed by atoms with Crippen LogP contribution >= 0.6 is 23.5 Å². The number of hydrogen-bond acceptors (Lipinski definition) is 3. The third kappa shape index (κ3) is 1.33. The minimum Gasteiger partial charge on any atom is -0.297 e. The lowest BCUT2D eigenvalue weighted by Crippen LogP contribution is -2.30. The van der Waals surface area contributed by atoms with Crippen molar-refractivity contribution in [1.29, 1.82) is 0 Å². The lowest BCUT2D eigenvalue weighted by Gasteiger charge is -2.27. The van der Waals surface area contributed by atoms with Crippen molar-refractivity contribution in [2.75, 3.05) is 12.5 Å². The van der Waals surface area contributed by atoms with Crippen molar-refractivity contribution < 1.29 is 4.79 Å². The Hall–Kier alpha value is 0.370. The van der Waals surface area contributed by atoms with Crippen LogP contribution in [0.15, 0.2) is 0 Å². The van der Waals surface area contributed by atoms with E-state index < -0.39 is 0 Å².